The average Bonchev–Trinajstić information content (AvgIpc) is 3.05. The lowest BCUT2D eigenvalue weighted by Gasteiger charge is -2.33. The monoisotopic (exact) mass is 575 g/mol. The molecule has 0 saturated heterocycles. The van der Waals surface area contributed by atoms with Gasteiger partial charge in [0, 0.05) is 23.7 Å². The van der Waals surface area contributed by atoms with E-state index in [-0.39, 0.29) is 6.42 Å². The molecule has 0 bridgehead atoms. The molecular weight excluding hydrogens is 530 g/mol. The Bertz CT molecular complexity index is 1270. The standard InChI is InChI=1S/C30H45N3O8/c1-27(2,3)38-23(34)22(33(25(36)40-29(7,8)9)26(37)41-30(10,11)12)15-18-17-32(24(35)39-28(4,5)6)21-16-19(31)13-14-20(18)21/h13-14,16-17,22H,15,31H2,1-12H3/t22-/m0/s1. The van der Waals surface area contributed by atoms with Crippen molar-refractivity contribution in [3.8, 4) is 0 Å². The van der Waals surface area contributed by atoms with Crippen LogP contribution in [0.3, 0.4) is 0 Å². The Morgan fingerprint density at radius 2 is 1.22 bits per heavy atom. The number of hydrogen-bond donors (Lipinski definition) is 1. The minimum absolute atomic E-state index is 0.219. The Labute approximate surface area is 242 Å². The Morgan fingerprint density at radius 1 is 0.756 bits per heavy atom. The van der Waals surface area contributed by atoms with Crippen LogP contribution in [0.1, 0.15) is 88.6 Å². The minimum Gasteiger partial charge on any atom is -0.458 e. The fraction of sp³-hybridized carbons (Fsp3) is 0.600. The normalized spacial score (nSPS) is 13.4. The van der Waals surface area contributed by atoms with Crippen molar-refractivity contribution in [1.29, 1.82) is 0 Å². The number of amides is 2. The lowest BCUT2D eigenvalue weighted by atomic mass is 10.0. The molecule has 0 unspecified atom stereocenters. The molecule has 0 aliphatic rings. The molecule has 228 valence electrons. The van der Waals surface area contributed by atoms with Crippen LogP contribution in [0.15, 0.2) is 24.4 Å². The Balaban J connectivity index is 2.75. The van der Waals surface area contributed by atoms with Gasteiger partial charge in [-0.15, -0.1) is 0 Å². The number of benzene rings is 1. The third-order valence-electron chi connectivity index (χ3n) is 5.09. The number of fused-ring (bicyclic) bond motifs is 1. The second-order valence-corrected chi connectivity index (χ2v) is 13.9. The molecule has 1 aromatic heterocycles. The number of rotatable bonds is 4. The highest BCUT2D eigenvalue weighted by Crippen LogP contribution is 2.29. The Morgan fingerprint density at radius 3 is 1.66 bits per heavy atom. The van der Waals surface area contributed by atoms with E-state index in [4.69, 9.17) is 24.7 Å². The second kappa shape index (κ2) is 11.6. The number of nitrogens with two attached hydrogens (primary N) is 1. The number of nitrogen functional groups attached to an aromatic ring is 1. The van der Waals surface area contributed by atoms with E-state index < -0.39 is 52.7 Å². The fourth-order valence-electron chi connectivity index (χ4n) is 3.75. The van der Waals surface area contributed by atoms with E-state index in [1.165, 1.54) is 10.8 Å². The van der Waals surface area contributed by atoms with Gasteiger partial charge in [0.1, 0.15) is 28.4 Å². The summed E-state index contributed by atoms with van der Waals surface area (Å²) in [5.41, 5.74) is 3.62. The van der Waals surface area contributed by atoms with E-state index in [1.54, 1.807) is 101 Å². The second-order valence-electron chi connectivity index (χ2n) is 13.9. The summed E-state index contributed by atoms with van der Waals surface area (Å²) in [6, 6.07) is 3.44. The quantitative estimate of drug-likeness (QED) is 0.248. The number of esters is 1. The lowest BCUT2D eigenvalue weighted by molar-refractivity contribution is -0.161. The van der Waals surface area contributed by atoms with Crippen molar-refractivity contribution in [2.24, 2.45) is 0 Å². The maximum absolute atomic E-state index is 13.7. The molecule has 1 aromatic carbocycles. The largest absolute Gasteiger partial charge is 0.458 e. The molecule has 1 heterocycles. The molecule has 2 rings (SSSR count). The number of carbonyl (C=O) groups is 4. The number of hydrogen-bond acceptors (Lipinski definition) is 9. The van der Waals surface area contributed by atoms with Crippen LogP contribution >= 0.6 is 0 Å². The molecule has 0 aliphatic heterocycles. The topological polar surface area (TPSA) is 139 Å². The lowest BCUT2D eigenvalue weighted by Crippen LogP contribution is -2.54. The number of aromatic nitrogens is 1. The van der Waals surface area contributed by atoms with Gasteiger partial charge in [0.05, 0.1) is 5.52 Å². The van der Waals surface area contributed by atoms with Crippen molar-refractivity contribution in [3.05, 3.63) is 30.0 Å². The summed E-state index contributed by atoms with van der Waals surface area (Å²) in [7, 11) is 0. The van der Waals surface area contributed by atoms with Crippen molar-refractivity contribution in [2.45, 2.75) is 118 Å². The minimum atomic E-state index is -1.51. The van der Waals surface area contributed by atoms with Gasteiger partial charge < -0.3 is 24.7 Å². The van der Waals surface area contributed by atoms with Gasteiger partial charge in [-0.25, -0.2) is 19.2 Å². The Hall–Kier alpha value is -3.76. The van der Waals surface area contributed by atoms with E-state index in [0.717, 1.165) is 0 Å². The molecule has 0 aliphatic carbocycles. The number of imide groups is 1. The molecule has 0 saturated carbocycles. The van der Waals surface area contributed by atoms with Crippen LogP contribution in [0.25, 0.3) is 10.9 Å². The van der Waals surface area contributed by atoms with Crippen LogP contribution in [0, 0.1) is 0 Å². The Kier molecular flexibility index (Phi) is 9.48. The summed E-state index contributed by atoms with van der Waals surface area (Å²) in [6.45, 7) is 20.1. The molecule has 41 heavy (non-hydrogen) atoms. The first-order chi connectivity index (χ1) is 18.4. The first kappa shape index (κ1) is 33.4. The van der Waals surface area contributed by atoms with Gasteiger partial charge in [0.15, 0.2) is 0 Å². The molecule has 11 heteroatoms. The maximum Gasteiger partial charge on any atom is 0.420 e. The summed E-state index contributed by atoms with van der Waals surface area (Å²) >= 11 is 0. The van der Waals surface area contributed by atoms with E-state index >= 15 is 0 Å². The van der Waals surface area contributed by atoms with Crippen molar-refractivity contribution in [3.63, 3.8) is 0 Å². The van der Waals surface area contributed by atoms with E-state index in [2.05, 4.69) is 0 Å². The van der Waals surface area contributed by atoms with Crippen LogP contribution in [0.4, 0.5) is 20.1 Å². The van der Waals surface area contributed by atoms with Crippen LogP contribution in [0.2, 0.25) is 0 Å². The summed E-state index contributed by atoms with van der Waals surface area (Å²) in [5, 5.41) is 0.562. The van der Waals surface area contributed by atoms with Gasteiger partial charge in [0.25, 0.3) is 0 Å². The SMILES string of the molecule is CC(C)(C)OC(=O)[C@H](Cc1cn(C(=O)OC(C)(C)C)c2cc(N)ccc12)N(C(=O)OC(C)(C)C)C(=O)OC(C)(C)C. The summed E-state index contributed by atoms with van der Waals surface area (Å²) in [6.07, 6.45) is -1.54. The maximum atomic E-state index is 13.7. The predicted octanol–water partition coefficient (Wildman–Crippen LogP) is 6.43. The highest BCUT2D eigenvalue weighted by molar-refractivity contribution is 5.96. The molecule has 0 spiro atoms. The molecule has 2 amide bonds. The van der Waals surface area contributed by atoms with Gasteiger partial charge in [-0.2, -0.15) is 4.90 Å². The van der Waals surface area contributed by atoms with Crippen molar-refractivity contribution >= 4 is 40.8 Å². The average molecular weight is 576 g/mol. The number of nitrogens with zero attached hydrogens (tertiary/aromatic N) is 2. The van der Waals surface area contributed by atoms with Gasteiger partial charge in [-0.05, 0) is 101 Å². The van der Waals surface area contributed by atoms with Crippen LogP contribution in [-0.2, 0) is 30.2 Å². The van der Waals surface area contributed by atoms with E-state index in [0.29, 0.717) is 27.1 Å². The number of carbonyl (C=O) groups excluding carboxylic acids is 4. The predicted molar refractivity (Wildman–Crippen MR) is 156 cm³/mol. The van der Waals surface area contributed by atoms with Gasteiger partial charge in [-0.3, -0.25) is 4.57 Å². The number of ether oxygens (including phenoxy) is 4. The highest BCUT2D eigenvalue weighted by atomic mass is 16.6. The molecule has 2 N–H and O–H groups in total. The zero-order valence-corrected chi connectivity index (χ0v) is 26.3. The van der Waals surface area contributed by atoms with Crippen molar-refractivity contribution < 1.29 is 38.1 Å². The molecule has 1 atom stereocenters. The summed E-state index contributed by atoms with van der Waals surface area (Å²) < 4.78 is 23.5. The third-order valence-corrected chi connectivity index (χ3v) is 5.09. The van der Waals surface area contributed by atoms with Crippen LogP contribution < -0.4 is 5.73 Å². The van der Waals surface area contributed by atoms with Crippen LogP contribution in [0.5, 0.6) is 0 Å². The molecule has 11 nitrogen and oxygen atoms in total. The molecule has 0 fully saturated rings. The zero-order valence-electron chi connectivity index (χ0n) is 26.3. The van der Waals surface area contributed by atoms with Gasteiger partial charge in [-0.1, -0.05) is 6.07 Å². The molecule has 0 radical (unpaired) electrons. The fourth-order valence-corrected chi connectivity index (χ4v) is 3.75. The van der Waals surface area contributed by atoms with Gasteiger partial charge in [0.2, 0.25) is 0 Å². The molecule has 2 aromatic rings. The van der Waals surface area contributed by atoms with E-state index in [9.17, 15) is 19.2 Å². The van der Waals surface area contributed by atoms with Gasteiger partial charge >= 0.3 is 24.2 Å². The van der Waals surface area contributed by atoms with E-state index in [1.807, 2.05) is 0 Å². The van der Waals surface area contributed by atoms with Crippen LogP contribution in [-0.4, -0.2) is 62.2 Å². The van der Waals surface area contributed by atoms with Crippen molar-refractivity contribution in [2.75, 3.05) is 5.73 Å². The smallest absolute Gasteiger partial charge is 0.420 e. The zero-order chi connectivity index (χ0) is 31.7. The molecular formula is C30H45N3O8. The third kappa shape index (κ3) is 9.98. The summed E-state index contributed by atoms with van der Waals surface area (Å²) in [4.78, 5) is 54.4. The number of anilines is 1. The first-order valence-electron chi connectivity index (χ1n) is 13.5. The van der Waals surface area contributed by atoms with Crippen molar-refractivity contribution in [1.82, 2.24) is 9.47 Å². The first-order valence-corrected chi connectivity index (χ1v) is 13.5. The highest BCUT2D eigenvalue weighted by Gasteiger charge is 2.42. The summed E-state index contributed by atoms with van der Waals surface area (Å²) in [5.74, 6) is -0.858.